The van der Waals surface area contributed by atoms with Crippen molar-refractivity contribution in [1.82, 2.24) is 0 Å². The zero-order valence-electron chi connectivity index (χ0n) is 14.4. The van der Waals surface area contributed by atoms with E-state index in [2.05, 4.69) is 12.1 Å². The maximum atomic E-state index is 12.1. The Morgan fingerprint density at radius 1 is 1.00 bits per heavy atom. The first-order chi connectivity index (χ1) is 13.3. The number of aldehydes is 1. The van der Waals surface area contributed by atoms with Gasteiger partial charge in [-0.3, -0.25) is 0 Å². The van der Waals surface area contributed by atoms with E-state index in [0.29, 0.717) is 5.56 Å². The Morgan fingerprint density at radius 3 is 2.48 bits per heavy atom. The third kappa shape index (κ3) is 3.21. The molecule has 4 rings (SSSR count). The summed E-state index contributed by atoms with van der Waals surface area (Å²) in [5.74, 6) is 0. The molecule has 0 N–H and O–H groups in total. The second-order valence-corrected chi connectivity index (χ2v) is 7.09. The lowest BCUT2D eigenvalue weighted by atomic mass is 9.90. The normalized spacial score (nSPS) is 16.3. The number of rotatable bonds is 4. The smallest absolute Gasteiger partial charge is 0.147 e. The molecule has 0 spiro atoms. The molecule has 130 valence electrons. The van der Waals surface area contributed by atoms with E-state index in [1.807, 2.05) is 77.2 Å². The second-order valence-electron chi connectivity index (χ2n) is 6.14. The third-order valence-electron chi connectivity index (χ3n) is 4.55. The first kappa shape index (κ1) is 17.0. The number of thiophene rings is 1. The minimum Gasteiger partial charge on any atom is -0.333 e. The second kappa shape index (κ2) is 7.45. The van der Waals surface area contributed by atoms with E-state index in [4.69, 9.17) is 0 Å². The van der Waals surface area contributed by atoms with Crippen LogP contribution in [-0.4, -0.2) is 12.3 Å². The summed E-state index contributed by atoms with van der Waals surface area (Å²) in [5, 5.41) is 11.6. The van der Waals surface area contributed by atoms with Crippen LogP contribution in [0.3, 0.4) is 0 Å². The van der Waals surface area contributed by atoms with Crippen molar-refractivity contribution in [1.29, 1.82) is 5.26 Å². The van der Waals surface area contributed by atoms with Gasteiger partial charge in [-0.15, -0.1) is 11.3 Å². The fourth-order valence-electron chi connectivity index (χ4n) is 3.29. The van der Waals surface area contributed by atoms with Crippen LogP contribution in [0.25, 0.3) is 11.1 Å². The molecule has 27 heavy (non-hydrogen) atoms. The van der Waals surface area contributed by atoms with Gasteiger partial charge in [-0.2, -0.15) is 5.26 Å². The maximum Gasteiger partial charge on any atom is 0.147 e. The molecule has 2 heterocycles. The molecule has 0 amide bonds. The molecule has 1 aliphatic rings. The van der Waals surface area contributed by atoms with Gasteiger partial charge >= 0.3 is 0 Å². The van der Waals surface area contributed by atoms with E-state index in [0.717, 1.165) is 33.6 Å². The first-order valence-corrected chi connectivity index (χ1v) is 9.45. The lowest BCUT2D eigenvalue weighted by Crippen LogP contribution is -2.35. The highest BCUT2D eigenvalue weighted by molar-refractivity contribution is 7.11. The van der Waals surface area contributed by atoms with Crippen molar-refractivity contribution in [3.05, 3.63) is 100 Å². The molecular formula is C23H16N2OS. The quantitative estimate of drug-likeness (QED) is 0.600. The molecule has 1 aromatic heterocycles. The molecule has 3 nitrogen and oxygen atoms in total. The number of anilines is 1. The van der Waals surface area contributed by atoms with Gasteiger partial charge in [-0.05, 0) is 46.9 Å². The molecule has 2 aromatic carbocycles. The summed E-state index contributed by atoms with van der Waals surface area (Å²) in [5.41, 5.74) is 4.14. The Kier molecular flexibility index (Phi) is 4.69. The van der Waals surface area contributed by atoms with Gasteiger partial charge in [0, 0.05) is 22.3 Å². The molecule has 0 bridgehead atoms. The van der Waals surface area contributed by atoms with Crippen molar-refractivity contribution in [2.45, 2.75) is 6.04 Å². The summed E-state index contributed by atoms with van der Waals surface area (Å²) in [6.45, 7) is 0. The highest BCUT2D eigenvalue weighted by Gasteiger charge is 2.28. The van der Waals surface area contributed by atoms with Gasteiger partial charge in [0.2, 0.25) is 0 Å². The Balaban J connectivity index is 1.92. The minimum atomic E-state index is -0.495. The molecule has 0 saturated carbocycles. The zero-order valence-corrected chi connectivity index (χ0v) is 15.3. The van der Waals surface area contributed by atoms with E-state index in [1.165, 1.54) is 0 Å². The Labute approximate surface area is 162 Å². The van der Waals surface area contributed by atoms with Crippen LogP contribution >= 0.6 is 11.3 Å². The monoisotopic (exact) mass is 368 g/mol. The van der Waals surface area contributed by atoms with Gasteiger partial charge in [0.25, 0.3) is 0 Å². The number of carbonyl (C=O) groups excluding carboxylic acids is 1. The summed E-state index contributed by atoms with van der Waals surface area (Å²) in [6, 6.07) is 23.1. The third-order valence-corrected chi connectivity index (χ3v) is 5.47. The zero-order chi connectivity index (χ0) is 18.6. The summed E-state index contributed by atoms with van der Waals surface area (Å²) in [4.78, 5) is 15.2. The van der Waals surface area contributed by atoms with Crippen molar-refractivity contribution in [3.63, 3.8) is 0 Å². The van der Waals surface area contributed by atoms with Gasteiger partial charge in [-0.1, -0.05) is 42.5 Å². The number of benzene rings is 2. The van der Waals surface area contributed by atoms with Crippen molar-refractivity contribution in [2.75, 3.05) is 4.90 Å². The Morgan fingerprint density at radius 2 is 1.78 bits per heavy atom. The van der Waals surface area contributed by atoms with Crippen LogP contribution in [-0.2, 0) is 4.79 Å². The van der Waals surface area contributed by atoms with Crippen LogP contribution < -0.4 is 4.90 Å². The van der Waals surface area contributed by atoms with Crippen LogP contribution in [0.15, 0.2) is 84.4 Å². The average Bonchev–Trinajstić information content (AvgIpc) is 3.28. The largest absolute Gasteiger partial charge is 0.333 e. The van der Waals surface area contributed by atoms with Crippen LogP contribution in [0.2, 0.25) is 0 Å². The van der Waals surface area contributed by atoms with E-state index in [9.17, 15) is 10.1 Å². The van der Waals surface area contributed by atoms with E-state index >= 15 is 0 Å². The number of hydrogen-bond donors (Lipinski definition) is 0. The van der Waals surface area contributed by atoms with E-state index in [1.54, 1.807) is 17.4 Å². The lowest BCUT2D eigenvalue weighted by Gasteiger charge is -2.33. The highest BCUT2D eigenvalue weighted by atomic mass is 32.1. The van der Waals surface area contributed by atoms with Crippen molar-refractivity contribution in [2.24, 2.45) is 0 Å². The standard InChI is InChI=1S/C23H16N2OS/c24-14-17-7-4-5-10-20(17)21-13-18(23-11-6-12-27-23)15-25(22(21)16-26)19-8-2-1-3-9-19/h1-13,15-16,22H. The SMILES string of the molecule is N#Cc1ccccc1C1=CC(c2cccs2)=CN(c2ccccc2)C1C=O. The molecule has 1 atom stereocenters. The molecule has 4 heteroatoms. The molecule has 0 saturated heterocycles. The summed E-state index contributed by atoms with van der Waals surface area (Å²) in [6.07, 6.45) is 4.98. The number of nitrogens with zero attached hydrogens (tertiary/aromatic N) is 2. The van der Waals surface area contributed by atoms with Crippen molar-refractivity contribution < 1.29 is 4.79 Å². The topological polar surface area (TPSA) is 44.1 Å². The maximum absolute atomic E-state index is 12.1. The number of hydrogen-bond acceptors (Lipinski definition) is 4. The molecule has 0 fully saturated rings. The van der Waals surface area contributed by atoms with E-state index in [-0.39, 0.29) is 0 Å². The summed E-state index contributed by atoms with van der Waals surface area (Å²) < 4.78 is 0. The first-order valence-electron chi connectivity index (χ1n) is 8.57. The molecule has 0 radical (unpaired) electrons. The minimum absolute atomic E-state index is 0.495. The lowest BCUT2D eigenvalue weighted by molar-refractivity contribution is -0.107. The average molecular weight is 368 g/mol. The summed E-state index contributed by atoms with van der Waals surface area (Å²) >= 11 is 1.65. The molecule has 0 aliphatic carbocycles. The highest BCUT2D eigenvalue weighted by Crippen LogP contribution is 2.37. The molecular weight excluding hydrogens is 352 g/mol. The predicted molar refractivity (Wildman–Crippen MR) is 110 cm³/mol. The molecule has 1 aliphatic heterocycles. The van der Waals surface area contributed by atoms with Crippen molar-refractivity contribution >= 4 is 34.5 Å². The molecule has 3 aromatic rings. The van der Waals surface area contributed by atoms with Crippen LogP contribution in [0.5, 0.6) is 0 Å². The van der Waals surface area contributed by atoms with Gasteiger partial charge < -0.3 is 9.69 Å². The van der Waals surface area contributed by atoms with Gasteiger partial charge in [-0.25, -0.2) is 0 Å². The summed E-state index contributed by atoms with van der Waals surface area (Å²) in [7, 11) is 0. The van der Waals surface area contributed by atoms with Gasteiger partial charge in [0.05, 0.1) is 11.6 Å². The Hall–Kier alpha value is -3.42. The van der Waals surface area contributed by atoms with Crippen LogP contribution in [0, 0.1) is 11.3 Å². The predicted octanol–water partition coefficient (Wildman–Crippen LogP) is 5.13. The van der Waals surface area contributed by atoms with Crippen molar-refractivity contribution in [3.8, 4) is 6.07 Å². The number of allylic oxidation sites excluding steroid dienone is 2. The van der Waals surface area contributed by atoms with Crippen LogP contribution in [0.1, 0.15) is 16.0 Å². The van der Waals surface area contributed by atoms with E-state index < -0.39 is 6.04 Å². The number of nitriles is 1. The van der Waals surface area contributed by atoms with Gasteiger partial charge in [0.1, 0.15) is 12.3 Å². The Bertz CT molecular complexity index is 1060. The van der Waals surface area contributed by atoms with Crippen LogP contribution in [0.4, 0.5) is 5.69 Å². The number of carbonyl (C=O) groups is 1. The van der Waals surface area contributed by atoms with Gasteiger partial charge in [0.15, 0.2) is 0 Å². The fourth-order valence-corrected chi connectivity index (χ4v) is 4.00. The molecule has 1 unspecified atom stereocenters. The number of para-hydroxylation sites is 1. The fraction of sp³-hybridized carbons (Fsp3) is 0.0435.